The van der Waals surface area contributed by atoms with Crippen LogP contribution in [0, 0.1) is 0 Å². The first-order chi connectivity index (χ1) is 15.1. The predicted octanol–water partition coefficient (Wildman–Crippen LogP) is 2.51. The minimum atomic E-state index is -0.303. The van der Waals surface area contributed by atoms with Crippen LogP contribution >= 0.6 is 0 Å². The molecule has 0 unspecified atom stereocenters. The van der Waals surface area contributed by atoms with E-state index < -0.39 is 0 Å². The van der Waals surface area contributed by atoms with E-state index in [9.17, 15) is 4.79 Å². The summed E-state index contributed by atoms with van der Waals surface area (Å²) in [4.78, 5) is 12.7. The van der Waals surface area contributed by atoms with Crippen LogP contribution in [0.4, 0.5) is 0 Å². The number of hydrogen-bond donors (Lipinski definition) is 1. The van der Waals surface area contributed by atoms with Crippen LogP contribution in [0.15, 0.2) is 42.5 Å². The molecule has 0 saturated heterocycles. The molecule has 1 aliphatic heterocycles. The zero-order chi connectivity index (χ0) is 21.8. The minimum absolute atomic E-state index is 0.164. The Kier molecular flexibility index (Phi) is 6.03. The number of carbonyl (C=O) groups excluding carboxylic acids is 1. The molecule has 0 saturated carbocycles. The molecule has 0 fully saturated rings. The van der Waals surface area contributed by atoms with E-state index in [0.29, 0.717) is 30.3 Å². The number of nitrogens with one attached hydrogen (secondary N) is 1. The number of fused-ring (bicyclic) bond motifs is 1. The summed E-state index contributed by atoms with van der Waals surface area (Å²) in [5, 5.41) is 11.1. The van der Waals surface area contributed by atoms with Crippen molar-refractivity contribution >= 4 is 5.91 Å². The van der Waals surface area contributed by atoms with E-state index in [1.165, 1.54) is 0 Å². The van der Waals surface area contributed by atoms with E-state index in [4.69, 9.17) is 18.9 Å². The molecule has 1 aliphatic rings. The Labute approximate surface area is 179 Å². The highest BCUT2D eigenvalue weighted by Crippen LogP contribution is 2.29. The number of hydrogen-bond acceptors (Lipinski definition) is 7. The van der Waals surface area contributed by atoms with E-state index in [0.717, 1.165) is 16.9 Å². The molecule has 162 valence electrons. The highest BCUT2D eigenvalue weighted by molar-refractivity contribution is 5.93. The van der Waals surface area contributed by atoms with Gasteiger partial charge in [-0.05, 0) is 35.4 Å². The van der Waals surface area contributed by atoms with Crippen molar-refractivity contribution in [2.75, 3.05) is 21.3 Å². The number of carbonyl (C=O) groups is 1. The zero-order valence-electron chi connectivity index (χ0n) is 17.6. The maximum atomic E-state index is 12.7. The van der Waals surface area contributed by atoms with Crippen LogP contribution in [-0.2, 0) is 24.4 Å². The fourth-order valence-electron chi connectivity index (χ4n) is 3.46. The van der Waals surface area contributed by atoms with E-state index in [-0.39, 0.29) is 24.3 Å². The van der Waals surface area contributed by atoms with Gasteiger partial charge in [-0.15, -0.1) is 5.10 Å². The van der Waals surface area contributed by atoms with Gasteiger partial charge >= 0.3 is 0 Å². The fraction of sp³-hybridized carbons (Fsp3) is 0.318. The van der Waals surface area contributed by atoms with Gasteiger partial charge in [-0.3, -0.25) is 4.79 Å². The second-order valence-electron chi connectivity index (χ2n) is 7.01. The molecule has 2 aromatic carbocycles. The van der Waals surface area contributed by atoms with Crippen molar-refractivity contribution in [2.45, 2.75) is 25.8 Å². The van der Waals surface area contributed by atoms with Crippen molar-refractivity contribution in [1.29, 1.82) is 0 Å². The highest BCUT2D eigenvalue weighted by atomic mass is 16.5. The molecule has 1 amide bonds. The molecular weight excluding hydrogens is 400 g/mol. The van der Waals surface area contributed by atoms with Gasteiger partial charge in [-0.2, -0.15) is 0 Å². The number of benzene rings is 2. The Morgan fingerprint density at radius 2 is 1.87 bits per heavy atom. The minimum Gasteiger partial charge on any atom is -0.497 e. The Morgan fingerprint density at radius 3 is 2.58 bits per heavy atom. The third-order valence-electron chi connectivity index (χ3n) is 5.20. The maximum absolute atomic E-state index is 12.7. The summed E-state index contributed by atoms with van der Waals surface area (Å²) >= 11 is 0. The molecule has 0 radical (unpaired) electrons. The molecule has 9 heteroatoms. The summed E-state index contributed by atoms with van der Waals surface area (Å²) in [5.41, 5.74) is 2.83. The van der Waals surface area contributed by atoms with Gasteiger partial charge in [0.25, 0.3) is 5.91 Å². The molecule has 0 aliphatic carbocycles. The Hall–Kier alpha value is -3.59. The van der Waals surface area contributed by atoms with Crippen molar-refractivity contribution in [3.05, 3.63) is 65.0 Å². The van der Waals surface area contributed by atoms with Crippen LogP contribution in [0.25, 0.3) is 0 Å². The molecule has 1 aromatic heterocycles. The Morgan fingerprint density at radius 1 is 1.10 bits per heavy atom. The standard InChI is InChI=1S/C22H24N4O5/c1-28-16-7-5-15(6-8-16)20-12-26-17(13-31-20)21(24-25-26)22(27)23-11-14-4-9-18(29-2)19(10-14)30-3/h4-10,20H,11-13H2,1-3H3,(H,23,27)/t20-/m1/s1. The van der Waals surface area contributed by atoms with E-state index in [2.05, 4.69) is 15.6 Å². The lowest BCUT2D eigenvalue weighted by Gasteiger charge is -2.24. The number of ether oxygens (including phenoxy) is 4. The Bertz CT molecular complexity index is 1060. The number of aromatic nitrogens is 3. The number of rotatable bonds is 7. The van der Waals surface area contributed by atoms with E-state index in [1.807, 2.05) is 36.4 Å². The lowest BCUT2D eigenvalue weighted by Crippen LogP contribution is -2.27. The third kappa shape index (κ3) is 4.31. The average molecular weight is 424 g/mol. The maximum Gasteiger partial charge on any atom is 0.274 e. The zero-order valence-corrected chi connectivity index (χ0v) is 17.6. The third-order valence-corrected chi connectivity index (χ3v) is 5.20. The highest BCUT2D eigenvalue weighted by Gasteiger charge is 2.27. The van der Waals surface area contributed by atoms with Crippen LogP contribution in [0.5, 0.6) is 17.2 Å². The monoisotopic (exact) mass is 424 g/mol. The van der Waals surface area contributed by atoms with Crippen LogP contribution < -0.4 is 19.5 Å². The van der Waals surface area contributed by atoms with Gasteiger partial charge in [-0.25, -0.2) is 4.68 Å². The van der Waals surface area contributed by atoms with Gasteiger partial charge in [-0.1, -0.05) is 23.4 Å². The summed E-state index contributed by atoms with van der Waals surface area (Å²) in [6.45, 7) is 1.06. The predicted molar refractivity (Wildman–Crippen MR) is 111 cm³/mol. The van der Waals surface area contributed by atoms with Gasteiger partial charge in [0.05, 0.1) is 40.2 Å². The molecule has 3 aromatic rings. The quantitative estimate of drug-likeness (QED) is 0.622. The van der Waals surface area contributed by atoms with Crippen LogP contribution in [0.2, 0.25) is 0 Å². The van der Waals surface area contributed by atoms with Crippen molar-refractivity contribution in [2.24, 2.45) is 0 Å². The second-order valence-corrected chi connectivity index (χ2v) is 7.01. The molecule has 1 N–H and O–H groups in total. The average Bonchev–Trinajstić information content (AvgIpc) is 3.25. The largest absolute Gasteiger partial charge is 0.497 e. The van der Waals surface area contributed by atoms with Crippen LogP contribution in [0.3, 0.4) is 0 Å². The first kappa shape index (κ1) is 20.7. The van der Waals surface area contributed by atoms with Gasteiger partial charge in [0, 0.05) is 6.54 Å². The van der Waals surface area contributed by atoms with Crippen molar-refractivity contribution < 1.29 is 23.7 Å². The first-order valence-corrected chi connectivity index (χ1v) is 9.80. The summed E-state index contributed by atoms with van der Waals surface area (Å²) < 4.78 is 23.4. The second kappa shape index (κ2) is 9.05. The number of amides is 1. The number of methoxy groups -OCH3 is 3. The molecule has 0 spiro atoms. The summed E-state index contributed by atoms with van der Waals surface area (Å²) in [7, 11) is 4.78. The summed E-state index contributed by atoms with van der Waals surface area (Å²) in [6.07, 6.45) is -0.164. The van der Waals surface area contributed by atoms with Gasteiger partial charge in [0.2, 0.25) is 0 Å². The molecule has 4 rings (SSSR count). The molecule has 31 heavy (non-hydrogen) atoms. The SMILES string of the molecule is COc1ccc([C@H]2Cn3nnc(C(=O)NCc4ccc(OC)c(OC)c4)c3CO2)cc1. The molecule has 1 atom stereocenters. The van der Waals surface area contributed by atoms with Gasteiger partial charge < -0.3 is 24.3 Å². The van der Waals surface area contributed by atoms with Gasteiger partial charge in [0.15, 0.2) is 17.2 Å². The van der Waals surface area contributed by atoms with E-state index >= 15 is 0 Å². The van der Waals surface area contributed by atoms with Crippen molar-refractivity contribution in [1.82, 2.24) is 20.3 Å². The molecular formula is C22H24N4O5. The van der Waals surface area contributed by atoms with Crippen molar-refractivity contribution in [3.8, 4) is 17.2 Å². The Balaban J connectivity index is 1.42. The molecule has 9 nitrogen and oxygen atoms in total. The topological polar surface area (TPSA) is 96.7 Å². The summed E-state index contributed by atoms with van der Waals surface area (Å²) in [6, 6.07) is 13.2. The number of nitrogens with zero attached hydrogens (tertiary/aromatic N) is 3. The lowest BCUT2D eigenvalue weighted by atomic mass is 10.1. The molecule has 2 heterocycles. The summed E-state index contributed by atoms with van der Waals surface area (Å²) in [5.74, 6) is 1.72. The fourth-order valence-corrected chi connectivity index (χ4v) is 3.46. The van der Waals surface area contributed by atoms with Crippen LogP contribution in [0.1, 0.15) is 33.4 Å². The first-order valence-electron chi connectivity index (χ1n) is 9.80. The molecule has 0 bridgehead atoms. The van der Waals surface area contributed by atoms with Gasteiger partial charge in [0.1, 0.15) is 11.9 Å². The van der Waals surface area contributed by atoms with Crippen LogP contribution in [-0.4, -0.2) is 42.2 Å². The normalized spacial score (nSPS) is 15.1. The lowest BCUT2D eigenvalue weighted by molar-refractivity contribution is -0.00179. The van der Waals surface area contributed by atoms with E-state index in [1.54, 1.807) is 32.1 Å². The van der Waals surface area contributed by atoms with Crippen molar-refractivity contribution in [3.63, 3.8) is 0 Å². The smallest absolute Gasteiger partial charge is 0.274 e.